The van der Waals surface area contributed by atoms with Crippen molar-refractivity contribution in [3.8, 4) is 17.0 Å². The Labute approximate surface area is 131 Å². The number of benzene rings is 1. The quantitative estimate of drug-likeness (QED) is 0.820. The van der Waals surface area contributed by atoms with Gasteiger partial charge in [-0.3, -0.25) is 9.78 Å². The molecular formula is C19H21NO2. The van der Waals surface area contributed by atoms with Crippen molar-refractivity contribution in [3.05, 3.63) is 47.7 Å². The van der Waals surface area contributed by atoms with Crippen LogP contribution in [0.1, 0.15) is 49.2 Å². The molecule has 1 unspecified atom stereocenters. The molecule has 3 heteroatoms. The Hall–Kier alpha value is -2.16. The second-order valence-corrected chi connectivity index (χ2v) is 6.68. The van der Waals surface area contributed by atoms with E-state index in [1.165, 1.54) is 0 Å². The number of ether oxygens (including phenoxy) is 1. The van der Waals surface area contributed by atoms with Crippen molar-refractivity contribution in [2.45, 2.75) is 33.1 Å². The first-order valence-corrected chi connectivity index (χ1v) is 7.62. The number of fused-ring (bicyclic) bond motifs is 1. The van der Waals surface area contributed by atoms with Gasteiger partial charge in [-0.15, -0.1) is 0 Å². The highest BCUT2D eigenvalue weighted by molar-refractivity contribution is 6.02. The van der Waals surface area contributed by atoms with Gasteiger partial charge in [-0.2, -0.15) is 0 Å². The smallest absolute Gasteiger partial charge is 0.170 e. The van der Waals surface area contributed by atoms with Crippen molar-refractivity contribution in [1.82, 2.24) is 4.98 Å². The third-order valence-electron chi connectivity index (χ3n) is 4.45. The van der Waals surface area contributed by atoms with Crippen LogP contribution in [0.25, 0.3) is 11.3 Å². The average Bonchev–Trinajstić information content (AvgIpc) is 2.52. The van der Waals surface area contributed by atoms with Gasteiger partial charge in [0.25, 0.3) is 0 Å². The first-order chi connectivity index (χ1) is 10.4. The maximum absolute atomic E-state index is 12.6. The molecule has 3 nitrogen and oxygen atoms in total. The minimum absolute atomic E-state index is 0.203. The normalized spacial score (nSPS) is 19.6. The third kappa shape index (κ3) is 2.41. The fourth-order valence-electron chi connectivity index (χ4n) is 3.28. The van der Waals surface area contributed by atoms with Gasteiger partial charge < -0.3 is 4.74 Å². The van der Waals surface area contributed by atoms with Gasteiger partial charge in [0.05, 0.1) is 18.5 Å². The summed E-state index contributed by atoms with van der Waals surface area (Å²) in [7, 11) is 1.65. The zero-order valence-corrected chi connectivity index (χ0v) is 13.5. The molecule has 1 aliphatic carbocycles. The van der Waals surface area contributed by atoms with Gasteiger partial charge in [-0.1, -0.05) is 20.8 Å². The first kappa shape index (κ1) is 14.8. The molecule has 0 saturated heterocycles. The fraction of sp³-hybridized carbons (Fsp3) is 0.368. The number of carbonyl (C=O) groups is 1. The molecule has 22 heavy (non-hydrogen) atoms. The highest BCUT2D eigenvalue weighted by Gasteiger charge is 2.38. The minimum Gasteiger partial charge on any atom is -0.497 e. The maximum atomic E-state index is 12.6. The molecule has 1 aliphatic rings. The highest BCUT2D eigenvalue weighted by Crippen LogP contribution is 2.41. The Morgan fingerprint density at radius 2 is 1.82 bits per heavy atom. The van der Waals surface area contributed by atoms with Crippen LogP contribution in [0, 0.1) is 5.41 Å². The predicted octanol–water partition coefficient (Wildman–Crippen LogP) is 4.47. The van der Waals surface area contributed by atoms with Crippen molar-refractivity contribution in [2.75, 3.05) is 7.11 Å². The van der Waals surface area contributed by atoms with E-state index in [0.717, 1.165) is 34.7 Å². The molecule has 0 aliphatic heterocycles. The van der Waals surface area contributed by atoms with Gasteiger partial charge in [0.1, 0.15) is 5.75 Å². The Bertz CT molecular complexity index is 717. The lowest BCUT2D eigenvalue weighted by Gasteiger charge is -2.33. The second-order valence-electron chi connectivity index (χ2n) is 6.68. The molecule has 0 spiro atoms. The van der Waals surface area contributed by atoms with Crippen LogP contribution in [0.4, 0.5) is 0 Å². The van der Waals surface area contributed by atoms with Crippen LogP contribution in [0.15, 0.2) is 36.4 Å². The molecule has 0 saturated carbocycles. The molecule has 0 amide bonds. The summed E-state index contributed by atoms with van der Waals surface area (Å²) < 4.78 is 5.18. The number of ketones is 1. The summed E-state index contributed by atoms with van der Waals surface area (Å²) in [6, 6.07) is 11.7. The maximum Gasteiger partial charge on any atom is 0.170 e. The van der Waals surface area contributed by atoms with Gasteiger partial charge in [-0.05, 0) is 42.8 Å². The van der Waals surface area contributed by atoms with Crippen LogP contribution < -0.4 is 4.74 Å². The van der Waals surface area contributed by atoms with E-state index < -0.39 is 0 Å². The largest absolute Gasteiger partial charge is 0.497 e. The monoisotopic (exact) mass is 295 g/mol. The lowest BCUT2D eigenvalue weighted by Crippen LogP contribution is -2.32. The van der Waals surface area contributed by atoms with Gasteiger partial charge >= 0.3 is 0 Å². The van der Waals surface area contributed by atoms with E-state index in [9.17, 15) is 4.79 Å². The molecular weight excluding hydrogens is 274 g/mol. The van der Waals surface area contributed by atoms with Crippen LogP contribution in [0.3, 0.4) is 0 Å². The van der Waals surface area contributed by atoms with E-state index in [-0.39, 0.29) is 11.2 Å². The number of hydrogen-bond donors (Lipinski definition) is 0. The third-order valence-corrected chi connectivity index (χ3v) is 4.45. The lowest BCUT2D eigenvalue weighted by atomic mass is 9.70. The van der Waals surface area contributed by atoms with Gasteiger partial charge in [0, 0.05) is 22.5 Å². The van der Waals surface area contributed by atoms with E-state index >= 15 is 0 Å². The molecule has 2 aromatic rings. The topological polar surface area (TPSA) is 39.2 Å². The number of carbonyl (C=O) groups excluding carboxylic acids is 1. The molecule has 114 valence electrons. The number of hydrogen-bond acceptors (Lipinski definition) is 3. The van der Waals surface area contributed by atoms with E-state index in [1.807, 2.05) is 50.2 Å². The van der Waals surface area contributed by atoms with Crippen molar-refractivity contribution in [1.29, 1.82) is 0 Å². The van der Waals surface area contributed by atoms with Crippen LogP contribution in [-0.2, 0) is 0 Å². The van der Waals surface area contributed by atoms with Crippen molar-refractivity contribution >= 4 is 5.78 Å². The minimum atomic E-state index is -0.296. The summed E-state index contributed by atoms with van der Waals surface area (Å²) in [5.41, 5.74) is 3.35. The van der Waals surface area contributed by atoms with E-state index in [1.54, 1.807) is 7.11 Å². The SMILES string of the molecule is COc1ccc(-c2ccc3c(n2)C(C)CC(C)(C)C3=O)cc1. The number of pyridine rings is 1. The Balaban J connectivity index is 2.04. The first-order valence-electron chi connectivity index (χ1n) is 7.62. The van der Waals surface area contributed by atoms with Crippen LogP contribution in [0.5, 0.6) is 5.75 Å². The highest BCUT2D eigenvalue weighted by atomic mass is 16.5. The molecule has 0 radical (unpaired) electrons. The van der Waals surface area contributed by atoms with Crippen molar-refractivity contribution < 1.29 is 9.53 Å². The molecule has 0 bridgehead atoms. The summed E-state index contributed by atoms with van der Waals surface area (Å²) >= 11 is 0. The van der Waals surface area contributed by atoms with E-state index in [2.05, 4.69) is 6.92 Å². The number of aromatic nitrogens is 1. The molecule has 1 atom stereocenters. The summed E-state index contributed by atoms with van der Waals surface area (Å²) in [6.45, 7) is 6.19. The number of methoxy groups -OCH3 is 1. The Morgan fingerprint density at radius 3 is 2.45 bits per heavy atom. The fourth-order valence-corrected chi connectivity index (χ4v) is 3.28. The van der Waals surface area contributed by atoms with Crippen LogP contribution in [-0.4, -0.2) is 17.9 Å². The van der Waals surface area contributed by atoms with Crippen molar-refractivity contribution in [3.63, 3.8) is 0 Å². The van der Waals surface area contributed by atoms with E-state index in [4.69, 9.17) is 9.72 Å². The standard InChI is InChI=1S/C19H21NO2/c1-12-11-19(2,3)18(21)15-9-10-16(20-17(12)15)13-5-7-14(22-4)8-6-13/h5-10,12H,11H2,1-4H3. The summed E-state index contributed by atoms with van der Waals surface area (Å²) in [5, 5.41) is 0. The molecule has 3 rings (SSSR count). The summed E-state index contributed by atoms with van der Waals surface area (Å²) in [5.74, 6) is 1.32. The van der Waals surface area contributed by atoms with E-state index in [0.29, 0.717) is 5.92 Å². The molecule has 0 N–H and O–H groups in total. The van der Waals surface area contributed by atoms with Gasteiger partial charge in [-0.25, -0.2) is 0 Å². The lowest BCUT2D eigenvalue weighted by molar-refractivity contribution is 0.0795. The van der Waals surface area contributed by atoms with Crippen LogP contribution in [0.2, 0.25) is 0 Å². The summed E-state index contributed by atoms with van der Waals surface area (Å²) in [4.78, 5) is 17.3. The molecule has 1 aromatic heterocycles. The van der Waals surface area contributed by atoms with Crippen molar-refractivity contribution in [2.24, 2.45) is 5.41 Å². The Morgan fingerprint density at radius 1 is 1.14 bits per heavy atom. The zero-order valence-electron chi connectivity index (χ0n) is 13.5. The molecule has 0 fully saturated rings. The predicted molar refractivity (Wildman–Crippen MR) is 87.4 cm³/mol. The zero-order chi connectivity index (χ0) is 15.9. The Kier molecular flexibility index (Phi) is 3.51. The number of rotatable bonds is 2. The second kappa shape index (κ2) is 5.24. The average molecular weight is 295 g/mol. The molecule has 1 heterocycles. The van der Waals surface area contributed by atoms with Gasteiger partial charge in [0.15, 0.2) is 5.78 Å². The molecule has 1 aromatic carbocycles. The number of nitrogens with zero attached hydrogens (tertiary/aromatic N) is 1. The number of Topliss-reactive ketones (excluding diaryl/α,β-unsaturated/α-hetero) is 1. The van der Waals surface area contributed by atoms with Gasteiger partial charge in [0.2, 0.25) is 0 Å². The van der Waals surface area contributed by atoms with Crippen LogP contribution >= 0.6 is 0 Å². The summed E-state index contributed by atoms with van der Waals surface area (Å²) in [6.07, 6.45) is 0.845.